The molecule has 8 heteroatoms. The zero-order chi connectivity index (χ0) is 21.0. The summed E-state index contributed by atoms with van der Waals surface area (Å²) in [5.41, 5.74) is 5.15. The Kier molecular flexibility index (Phi) is 6.26. The zero-order valence-electron chi connectivity index (χ0n) is 16.2. The largest absolute Gasteiger partial charge is 0.494 e. The van der Waals surface area contributed by atoms with Crippen LogP contribution in [0.2, 0.25) is 0 Å². The van der Waals surface area contributed by atoms with Gasteiger partial charge in [0.1, 0.15) is 5.56 Å². The fourth-order valence-corrected chi connectivity index (χ4v) is 3.38. The van der Waals surface area contributed by atoms with Crippen LogP contribution in [0.3, 0.4) is 0 Å². The normalized spacial score (nSPS) is 11.1. The highest BCUT2D eigenvalue weighted by atomic mass is 32.1. The third-order valence-electron chi connectivity index (χ3n) is 4.49. The molecule has 1 heterocycles. The predicted molar refractivity (Wildman–Crippen MR) is 116 cm³/mol. The van der Waals surface area contributed by atoms with Crippen molar-refractivity contribution in [3.05, 3.63) is 80.3 Å². The number of aliphatic hydroxyl groups is 1. The van der Waals surface area contributed by atoms with Crippen LogP contribution in [0, 0.1) is 18.6 Å². The first kappa shape index (κ1) is 20.5. The van der Waals surface area contributed by atoms with Gasteiger partial charge in [-0.3, -0.25) is 13.9 Å². The molecule has 150 valence electrons. The monoisotopic (exact) mass is 410 g/mol. The summed E-state index contributed by atoms with van der Waals surface area (Å²) in [6, 6.07) is 14.8. The molecule has 0 amide bonds. The van der Waals surface area contributed by atoms with Gasteiger partial charge in [0.25, 0.3) is 5.56 Å². The molecule has 0 spiro atoms. The number of aryl methyl sites for hydroxylation is 2. The van der Waals surface area contributed by atoms with Crippen LogP contribution in [0.5, 0.6) is 5.88 Å². The molecule has 0 aliphatic heterocycles. The van der Waals surface area contributed by atoms with Gasteiger partial charge < -0.3 is 15.6 Å². The topological polar surface area (TPSA) is 91.8 Å². The molecule has 29 heavy (non-hydrogen) atoms. The Morgan fingerprint density at radius 1 is 1.03 bits per heavy atom. The van der Waals surface area contributed by atoms with Gasteiger partial charge in [-0.1, -0.05) is 36.4 Å². The Hall–Kier alpha value is -3.23. The zero-order valence-corrected chi connectivity index (χ0v) is 17.0. The van der Waals surface area contributed by atoms with Gasteiger partial charge in [0.15, 0.2) is 4.77 Å². The first-order chi connectivity index (χ1) is 14.0. The molecule has 0 unspecified atom stereocenters. The number of hydrogen-bond acceptors (Lipinski definition) is 6. The minimum absolute atomic E-state index is 0.0180. The maximum absolute atomic E-state index is 13.3. The fourth-order valence-electron chi connectivity index (χ4n) is 3.01. The van der Waals surface area contributed by atoms with Crippen molar-refractivity contribution in [1.29, 1.82) is 0 Å². The second kappa shape index (κ2) is 8.85. The van der Waals surface area contributed by atoms with Gasteiger partial charge in [-0.15, -0.1) is 0 Å². The molecule has 0 saturated carbocycles. The van der Waals surface area contributed by atoms with E-state index in [-0.39, 0.29) is 29.4 Å². The van der Waals surface area contributed by atoms with Crippen LogP contribution in [0.15, 0.2) is 58.4 Å². The van der Waals surface area contributed by atoms with E-state index < -0.39 is 5.56 Å². The number of hydrazone groups is 1. The van der Waals surface area contributed by atoms with Crippen LogP contribution in [0.1, 0.15) is 16.7 Å². The van der Waals surface area contributed by atoms with Gasteiger partial charge in [-0.2, -0.15) is 5.10 Å². The molecule has 0 radical (unpaired) electrons. The summed E-state index contributed by atoms with van der Waals surface area (Å²) in [5, 5.41) is 23.8. The standard InChI is InChI=1S/C21H22N4O3S/c1-14-7-3-5-9-17(14)24-19(27)16(13-23-22-11-12-26)20(28)25(21(24)29)18-10-6-4-8-15(18)2/h3-10,13,22,26-27H,11-12H2,1-2H3/b23-13-. The molecule has 0 fully saturated rings. The quantitative estimate of drug-likeness (QED) is 0.251. The molecule has 1 aromatic heterocycles. The molecule has 3 N–H and O–H groups in total. The van der Waals surface area contributed by atoms with Crippen LogP contribution < -0.4 is 11.0 Å². The van der Waals surface area contributed by atoms with E-state index in [9.17, 15) is 9.90 Å². The molecule has 0 aliphatic rings. The minimum atomic E-state index is -0.485. The lowest BCUT2D eigenvalue weighted by atomic mass is 10.2. The Bertz CT molecular complexity index is 1180. The third-order valence-corrected chi connectivity index (χ3v) is 4.86. The molecule has 0 bridgehead atoms. The second-order valence-electron chi connectivity index (χ2n) is 6.46. The highest BCUT2D eigenvalue weighted by molar-refractivity contribution is 7.71. The van der Waals surface area contributed by atoms with E-state index in [2.05, 4.69) is 10.5 Å². The number of para-hydroxylation sites is 2. The number of hydrogen-bond donors (Lipinski definition) is 3. The average molecular weight is 410 g/mol. The van der Waals surface area contributed by atoms with Crippen LogP contribution >= 0.6 is 12.2 Å². The lowest BCUT2D eigenvalue weighted by Crippen LogP contribution is -2.28. The number of nitrogens with zero attached hydrogens (tertiary/aromatic N) is 3. The molecule has 3 rings (SSSR count). The van der Waals surface area contributed by atoms with Gasteiger partial charge in [0.05, 0.1) is 30.7 Å². The summed E-state index contributed by atoms with van der Waals surface area (Å²) in [6.07, 6.45) is 1.24. The highest BCUT2D eigenvalue weighted by Gasteiger charge is 2.19. The molecular weight excluding hydrogens is 388 g/mol. The van der Waals surface area contributed by atoms with Crippen LogP contribution in [-0.2, 0) is 0 Å². The first-order valence-corrected chi connectivity index (χ1v) is 9.48. The highest BCUT2D eigenvalue weighted by Crippen LogP contribution is 2.24. The number of nitrogens with one attached hydrogen (secondary N) is 1. The van der Waals surface area contributed by atoms with Crippen molar-refractivity contribution in [3.8, 4) is 17.3 Å². The molecular formula is C21H22N4O3S. The summed E-state index contributed by atoms with van der Waals surface area (Å²) in [5.74, 6) is -0.298. The van der Waals surface area contributed by atoms with Gasteiger partial charge in [-0.25, -0.2) is 0 Å². The Balaban J connectivity index is 2.38. The van der Waals surface area contributed by atoms with Crippen LogP contribution in [0.25, 0.3) is 11.4 Å². The maximum atomic E-state index is 13.3. The summed E-state index contributed by atoms with van der Waals surface area (Å²) in [7, 11) is 0. The summed E-state index contributed by atoms with van der Waals surface area (Å²) < 4.78 is 3.01. The van der Waals surface area contributed by atoms with E-state index in [1.54, 1.807) is 6.07 Å². The van der Waals surface area contributed by atoms with Crippen LogP contribution in [0.4, 0.5) is 0 Å². The van der Waals surface area contributed by atoms with Gasteiger partial charge in [0.2, 0.25) is 5.88 Å². The number of aromatic nitrogens is 2. The van der Waals surface area contributed by atoms with E-state index in [1.165, 1.54) is 15.3 Å². The Labute approximate surface area is 173 Å². The number of rotatable bonds is 6. The summed E-state index contributed by atoms with van der Waals surface area (Å²) in [4.78, 5) is 13.3. The van der Waals surface area contributed by atoms with Crippen molar-refractivity contribution in [3.63, 3.8) is 0 Å². The Morgan fingerprint density at radius 3 is 2.14 bits per heavy atom. The molecule has 0 saturated heterocycles. The van der Waals surface area contributed by atoms with Crippen molar-refractivity contribution in [1.82, 2.24) is 14.6 Å². The van der Waals surface area contributed by atoms with E-state index in [1.807, 2.05) is 56.3 Å². The van der Waals surface area contributed by atoms with E-state index in [0.29, 0.717) is 11.4 Å². The maximum Gasteiger partial charge on any atom is 0.271 e. The molecule has 2 aromatic carbocycles. The number of aliphatic hydroxyl groups excluding tert-OH is 1. The fraction of sp³-hybridized carbons (Fsp3) is 0.190. The van der Waals surface area contributed by atoms with Gasteiger partial charge in [-0.05, 0) is 49.3 Å². The lowest BCUT2D eigenvalue weighted by Gasteiger charge is -2.18. The van der Waals surface area contributed by atoms with Crippen molar-refractivity contribution in [2.75, 3.05) is 13.2 Å². The summed E-state index contributed by atoms with van der Waals surface area (Å²) >= 11 is 5.64. The second-order valence-corrected chi connectivity index (χ2v) is 6.82. The van der Waals surface area contributed by atoms with E-state index in [0.717, 1.165) is 11.1 Å². The molecule has 7 nitrogen and oxygen atoms in total. The van der Waals surface area contributed by atoms with Crippen LogP contribution in [-0.4, -0.2) is 38.7 Å². The molecule has 0 aliphatic carbocycles. The van der Waals surface area contributed by atoms with Crippen molar-refractivity contribution in [2.24, 2.45) is 5.10 Å². The molecule has 3 aromatic rings. The third kappa shape index (κ3) is 3.98. The smallest absolute Gasteiger partial charge is 0.271 e. The van der Waals surface area contributed by atoms with Crippen molar-refractivity contribution >= 4 is 18.4 Å². The summed E-state index contributed by atoms with van der Waals surface area (Å²) in [6.45, 7) is 3.90. The Morgan fingerprint density at radius 2 is 1.59 bits per heavy atom. The molecule has 0 atom stereocenters. The minimum Gasteiger partial charge on any atom is -0.494 e. The van der Waals surface area contributed by atoms with Crippen molar-refractivity contribution in [2.45, 2.75) is 13.8 Å². The van der Waals surface area contributed by atoms with Gasteiger partial charge in [0, 0.05) is 0 Å². The van der Waals surface area contributed by atoms with Gasteiger partial charge >= 0.3 is 0 Å². The average Bonchev–Trinajstić information content (AvgIpc) is 2.70. The van der Waals surface area contributed by atoms with E-state index >= 15 is 0 Å². The predicted octanol–water partition coefficient (Wildman–Crippen LogP) is 2.60. The SMILES string of the molecule is Cc1ccccc1-n1c(O)c(/C=N\NCCO)c(=O)n(-c2ccccc2C)c1=S. The first-order valence-electron chi connectivity index (χ1n) is 9.07. The number of benzene rings is 2. The van der Waals surface area contributed by atoms with Crippen molar-refractivity contribution < 1.29 is 10.2 Å². The van der Waals surface area contributed by atoms with E-state index in [4.69, 9.17) is 17.3 Å². The lowest BCUT2D eigenvalue weighted by molar-refractivity contribution is 0.294. The number of aromatic hydroxyl groups is 1.